The van der Waals surface area contributed by atoms with E-state index in [4.69, 9.17) is 6.57 Å². The maximum Gasteiger partial charge on any atom is 0.188 e. The number of para-hydroxylation sites is 4. The number of benzene rings is 8. The van der Waals surface area contributed by atoms with Crippen LogP contribution in [0.2, 0.25) is 0 Å². The van der Waals surface area contributed by atoms with Crippen LogP contribution in [-0.2, 0) is 0 Å². The van der Waals surface area contributed by atoms with Crippen molar-refractivity contribution in [3.8, 4) is 34.3 Å². The molecule has 0 radical (unpaired) electrons. The van der Waals surface area contributed by atoms with E-state index in [1.807, 2.05) is 24.3 Å². The van der Waals surface area contributed by atoms with Gasteiger partial charge in [-0.3, -0.25) is 0 Å². The molecule has 0 amide bonds. The highest BCUT2D eigenvalue weighted by molar-refractivity contribution is 6.17. The Morgan fingerprint density at radius 3 is 1.53 bits per heavy atom. The zero-order chi connectivity index (χ0) is 36.6. The average molecular weight is 700 g/mol. The van der Waals surface area contributed by atoms with E-state index in [1.54, 1.807) is 0 Å². The zero-order valence-corrected chi connectivity index (χ0v) is 29.5. The second kappa shape index (κ2) is 11.8. The van der Waals surface area contributed by atoms with Gasteiger partial charge in [0.05, 0.1) is 62.7 Å². The van der Waals surface area contributed by atoms with Crippen LogP contribution in [-0.4, -0.2) is 13.7 Å². The molecule has 0 spiro atoms. The van der Waals surface area contributed by atoms with Crippen molar-refractivity contribution in [2.24, 2.45) is 0 Å². The van der Waals surface area contributed by atoms with Gasteiger partial charge in [-0.1, -0.05) is 97.1 Å². The summed E-state index contributed by atoms with van der Waals surface area (Å²) in [7, 11) is 0. The third kappa shape index (κ3) is 4.45. The highest BCUT2D eigenvalue weighted by Gasteiger charge is 2.21. The van der Waals surface area contributed by atoms with Crippen molar-refractivity contribution in [1.82, 2.24) is 13.7 Å². The summed E-state index contributed by atoms with van der Waals surface area (Å²) in [6.45, 7) is 7.87. The van der Waals surface area contributed by atoms with Gasteiger partial charge in [-0.25, -0.2) is 4.85 Å². The third-order valence-corrected chi connectivity index (χ3v) is 11.1. The molecule has 8 aromatic carbocycles. The first-order valence-electron chi connectivity index (χ1n) is 18.3. The minimum Gasteiger partial charge on any atom is -0.309 e. The van der Waals surface area contributed by atoms with Gasteiger partial charge in [-0.2, -0.15) is 5.26 Å². The normalized spacial score (nSPS) is 11.6. The van der Waals surface area contributed by atoms with E-state index in [2.05, 4.69) is 176 Å². The number of fused-ring (bicyclic) bond motifs is 9. The molecule has 0 aliphatic heterocycles. The van der Waals surface area contributed by atoms with E-state index in [0.29, 0.717) is 11.3 Å². The minimum atomic E-state index is 0.594. The molecule has 0 aliphatic carbocycles. The number of hydrogen-bond acceptors (Lipinski definition) is 1. The minimum absolute atomic E-state index is 0.594. The summed E-state index contributed by atoms with van der Waals surface area (Å²) in [6, 6.07) is 63.6. The first-order valence-corrected chi connectivity index (χ1v) is 18.3. The molecule has 5 nitrogen and oxygen atoms in total. The largest absolute Gasteiger partial charge is 0.309 e. The molecule has 0 aliphatic rings. The van der Waals surface area contributed by atoms with Crippen LogP contribution in [0.1, 0.15) is 5.56 Å². The second-order valence-electron chi connectivity index (χ2n) is 13.9. The molecule has 0 unspecified atom stereocenters. The van der Waals surface area contributed by atoms with Crippen LogP contribution in [0.4, 0.5) is 5.69 Å². The van der Waals surface area contributed by atoms with Crippen molar-refractivity contribution in [1.29, 1.82) is 5.26 Å². The van der Waals surface area contributed by atoms with Gasteiger partial charge in [0.15, 0.2) is 5.69 Å². The van der Waals surface area contributed by atoms with Crippen LogP contribution in [0.3, 0.4) is 0 Å². The van der Waals surface area contributed by atoms with Crippen LogP contribution in [0.5, 0.6) is 0 Å². The fourth-order valence-electron chi connectivity index (χ4n) is 8.76. The number of nitriles is 1. The van der Waals surface area contributed by atoms with Crippen molar-refractivity contribution in [3.63, 3.8) is 0 Å². The van der Waals surface area contributed by atoms with E-state index in [1.165, 1.54) is 21.5 Å². The molecule has 0 saturated heterocycles. The van der Waals surface area contributed by atoms with E-state index in [0.717, 1.165) is 72.1 Å². The molecule has 0 N–H and O–H groups in total. The first kappa shape index (κ1) is 30.7. The molecule has 55 heavy (non-hydrogen) atoms. The lowest BCUT2D eigenvalue weighted by Crippen LogP contribution is -1.98. The molecule has 3 heterocycles. The van der Waals surface area contributed by atoms with Gasteiger partial charge in [0.2, 0.25) is 0 Å². The fourth-order valence-corrected chi connectivity index (χ4v) is 8.76. The Hall–Kier alpha value is -7.86. The number of hydrogen-bond donors (Lipinski definition) is 0. The maximum absolute atomic E-state index is 10.0. The Labute approximate surface area is 316 Å². The van der Waals surface area contributed by atoms with Crippen LogP contribution in [0, 0.1) is 17.9 Å². The molecular weight excluding hydrogens is 671 g/mol. The van der Waals surface area contributed by atoms with Crippen molar-refractivity contribution >= 4 is 71.1 Å². The van der Waals surface area contributed by atoms with Crippen LogP contribution < -0.4 is 0 Å². The van der Waals surface area contributed by atoms with E-state index in [-0.39, 0.29) is 0 Å². The smallest absolute Gasteiger partial charge is 0.188 e. The summed E-state index contributed by atoms with van der Waals surface area (Å²) in [4.78, 5) is 3.82. The summed E-state index contributed by atoms with van der Waals surface area (Å²) in [6.07, 6.45) is 0. The summed E-state index contributed by atoms with van der Waals surface area (Å²) in [5, 5.41) is 16.9. The predicted molar refractivity (Wildman–Crippen MR) is 226 cm³/mol. The predicted octanol–water partition coefficient (Wildman–Crippen LogP) is 13.1. The Balaban J connectivity index is 1.14. The van der Waals surface area contributed by atoms with E-state index < -0.39 is 0 Å². The number of rotatable bonds is 4. The highest BCUT2D eigenvalue weighted by atomic mass is 15.0. The molecule has 0 fully saturated rings. The fraction of sp³-hybridized carbons (Fsp3) is 0. The van der Waals surface area contributed by atoms with Crippen LogP contribution in [0.15, 0.2) is 176 Å². The molecular formula is C50H29N5. The SMILES string of the molecule is [C-]#[N+]c1ccc(-n2c3ccccc3c3ccccc32)c(-c2ccc(-n3c4ccc(C#N)cc4c4c(-n5c6ccccc6c6ccccc65)cccc43)cc2)c1. The number of nitrogens with zero attached hydrogens (tertiary/aromatic N) is 5. The van der Waals surface area contributed by atoms with Crippen molar-refractivity contribution in [2.75, 3.05) is 0 Å². The Morgan fingerprint density at radius 1 is 0.436 bits per heavy atom. The summed E-state index contributed by atoms with van der Waals surface area (Å²) in [5.74, 6) is 0. The van der Waals surface area contributed by atoms with Crippen LogP contribution >= 0.6 is 0 Å². The molecule has 3 aromatic heterocycles. The van der Waals surface area contributed by atoms with Crippen molar-refractivity contribution in [2.45, 2.75) is 0 Å². The maximum atomic E-state index is 10.0. The topological polar surface area (TPSA) is 42.9 Å². The number of aromatic nitrogens is 3. The molecule has 11 rings (SSSR count). The van der Waals surface area contributed by atoms with E-state index >= 15 is 0 Å². The van der Waals surface area contributed by atoms with Crippen molar-refractivity contribution in [3.05, 3.63) is 193 Å². The Morgan fingerprint density at radius 2 is 0.964 bits per heavy atom. The second-order valence-corrected chi connectivity index (χ2v) is 13.9. The van der Waals surface area contributed by atoms with Crippen LogP contribution in [0.25, 0.3) is 98.5 Å². The quantitative estimate of drug-likeness (QED) is 0.169. The molecule has 0 saturated carbocycles. The van der Waals surface area contributed by atoms with Gasteiger partial charge >= 0.3 is 0 Å². The Bertz CT molecular complexity index is 3350. The van der Waals surface area contributed by atoms with Gasteiger partial charge in [0, 0.05) is 38.0 Å². The molecule has 0 bridgehead atoms. The molecule has 0 atom stereocenters. The van der Waals surface area contributed by atoms with Gasteiger partial charge in [-0.15, -0.1) is 0 Å². The highest BCUT2D eigenvalue weighted by Crippen LogP contribution is 2.42. The van der Waals surface area contributed by atoms with Gasteiger partial charge in [0.25, 0.3) is 0 Å². The molecule has 254 valence electrons. The Kier molecular flexibility index (Phi) is 6.61. The lowest BCUT2D eigenvalue weighted by molar-refractivity contribution is 1.17. The van der Waals surface area contributed by atoms with Gasteiger partial charge in [-0.05, 0) is 90.0 Å². The van der Waals surface area contributed by atoms with Gasteiger partial charge in [0.1, 0.15) is 0 Å². The van der Waals surface area contributed by atoms with Gasteiger partial charge < -0.3 is 13.7 Å². The standard InChI is InChI=1S/C50H29N5/c1-52-34-24-28-46(54-42-15-6-2-11-36(42)37-12-3-7-16-43(37)54)40(30-34)33-22-25-35(26-23-33)53-47-27-21-32(31-51)29-41(47)50-48(53)19-10-20-49(50)55-44-17-8-4-13-38(44)39-14-5-9-18-45(39)55/h2-30H. The lowest BCUT2D eigenvalue weighted by atomic mass is 10.0. The average Bonchev–Trinajstić information content (AvgIpc) is 3.89. The third-order valence-electron chi connectivity index (χ3n) is 11.1. The molecule has 5 heteroatoms. The zero-order valence-electron chi connectivity index (χ0n) is 29.5. The monoisotopic (exact) mass is 699 g/mol. The summed E-state index contributed by atoms with van der Waals surface area (Å²) >= 11 is 0. The van der Waals surface area contributed by atoms with E-state index in [9.17, 15) is 5.26 Å². The van der Waals surface area contributed by atoms with Crippen molar-refractivity contribution < 1.29 is 0 Å². The molecule has 11 aromatic rings. The summed E-state index contributed by atoms with van der Waals surface area (Å²) < 4.78 is 6.98. The lowest BCUT2D eigenvalue weighted by Gasteiger charge is -2.16. The first-order chi connectivity index (χ1) is 27.2. The summed E-state index contributed by atoms with van der Waals surface area (Å²) in [5.41, 5.74) is 12.9.